The first-order valence-corrected chi connectivity index (χ1v) is 9.62. The van der Waals surface area contributed by atoms with Crippen LogP contribution in [0.4, 0.5) is 0 Å². The molecule has 6 nitrogen and oxygen atoms in total. The van der Waals surface area contributed by atoms with Crippen molar-refractivity contribution in [1.82, 2.24) is 20.4 Å². The van der Waals surface area contributed by atoms with Crippen molar-refractivity contribution in [3.05, 3.63) is 17.0 Å². The lowest BCUT2D eigenvalue weighted by atomic mass is 9.98. The maximum atomic E-state index is 5.99. The van der Waals surface area contributed by atoms with Crippen molar-refractivity contribution in [2.24, 2.45) is 18.0 Å². The van der Waals surface area contributed by atoms with Crippen LogP contribution in [0.5, 0.6) is 0 Å². The number of guanidine groups is 1. The van der Waals surface area contributed by atoms with Gasteiger partial charge in [0, 0.05) is 45.0 Å². The summed E-state index contributed by atoms with van der Waals surface area (Å²) < 4.78 is 7.92. The summed E-state index contributed by atoms with van der Waals surface area (Å²) >= 11 is 0. The first-order valence-electron chi connectivity index (χ1n) is 9.62. The predicted molar refractivity (Wildman–Crippen MR) is 118 cm³/mol. The molecule has 0 spiro atoms. The molecule has 2 N–H and O–H groups in total. The third-order valence-corrected chi connectivity index (χ3v) is 5.34. The van der Waals surface area contributed by atoms with Crippen molar-refractivity contribution < 1.29 is 4.74 Å². The molecule has 1 fully saturated rings. The molecule has 0 amide bonds. The summed E-state index contributed by atoms with van der Waals surface area (Å²) in [7, 11) is 3.80. The Kier molecular flexibility index (Phi) is 10.5. The van der Waals surface area contributed by atoms with Gasteiger partial charge in [0.2, 0.25) is 0 Å². The average Bonchev–Trinajstić information content (AvgIpc) is 3.20. The van der Waals surface area contributed by atoms with Crippen LogP contribution in [0.15, 0.2) is 4.99 Å². The Morgan fingerprint density at radius 1 is 1.31 bits per heavy atom. The van der Waals surface area contributed by atoms with Crippen LogP contribution in [0.2, 0.25) is 0 Å². The van der Waals surface area contributed by atoms with Crippen molar-refractivity contribution in [1.29, 1.82) is 0 Å². The second-order valence-electron chi connectivity index (χ2n) is 6.95. The van der Waals surface area contributed by atoms with Gasteiger partial charge in [-0.25, -0.2) is 0 Å². The number of rotatable bonds is 8. The van der Waals surface area contributed by atoms with Gasteiger partial charge in [0.15, 0.2) is 5.96 Å². The van der Waals surface area contributed by atoms with Crippen molar-refractivity contribution in [2.45, 2.75) is 65.5 Å². The lowest BCUT2D eigenvalue weighted by molar-refractivity contribution is 0.0169. The number of nitrogens with one attached hydrogen (secondary N) is 2. The molecule has 1 heterocycles. The molecule has 1 aliphatic rings. The summed E-state index contributed by atoms with van der Waals surface area (Å²) in [6.45, 7) is 8.66. The van der Waals surface area contributed by atoms with E-state index < -0.39 is 0 Å². The monoisotopic (exact) mass is 477 g/mol. The van der Waals surface area contributed by atoms with E-state index in [0.29, 0.717) is 6.10 Å². The Labute approximate surface area is 175 Å². The van der Waals surface area contributed by atoms with E-state index in [4.69, 9.17) is 4.74 Å². The van der Waals surface area contributed by atoms with Gasteiger partial charge in [-0.2, -0.15) is 5.10 Å². The SMILES string of the molecule is CCOC(CCNC(=NC)NCc1c(C)nn(C)c1C)C1CCCC1.I. The second-order valence-corrected chi connectivity index (χ2v) is 6.95. The van der Waals surface area contributed by atoms with Crippen LogP contribution in [0.3, 0.4) is 0 Å². The first kappa shape index (κ1) is 23.2. The molecule has 0 bridgehead atoms. The fourth-order valence-corrected chi connectivity index (χ4v) is 3.80. The molecule has 1 atom stereocenters. The van der Waals surface area contributed by atoms with E-state index in [-0.39, 0.29) is 24.0 Å². The van der Waals surface area contributed by atoms with Crippen LogP contribution < -0.4 is 10.6 Å². The quantitative estimate of drug-likeness (QED) is 0.343. The van der Waals surface area contributed by atoms with Crippen LogP contribution in [0, 0.1) is 19.8 Å². The molecule has 1 saturated carbocycles. The maximum absolute atomic E-state index is 5.99. The first-order chi connectivity index (χ1) is 12.1. The lowest BCUT2D eigenvalue weighted by Crippen LogP contribution is -2.39. The zero-order valence-electron chi connectivity index (χ0n) is 17.0. The van der Waals surface area contributed by atoms with E-state index in [9.17, 15) is 0 Å². The Hall–Kier alpha value is -0.830. The largest absolute Gasteiger partial charge is 0.378 e. The number of hydrogen-bond acceptors (Lipinski definition) is 3. The van der Waals surface area contributed by atoms with Gasteiger partial charge in [-0.3, -0.25) is 9.67 Å². The number of ether oxygens (including phenoxy) is 1. The summed E-state index contributed by atoms with van der Waals surface area (Å²) in [5.41, 5.74) is 3.50. The number of aromatic nitrogens is 2. The summed E-state index contributed by atoms with van der Waals surface area (Å²) in [5, 5.41) is 11.3. The van der Waals surface area contributed by atoms with Crippen LogP contribution >= 0.6 is 24.0 Å². The highest BCUT2D eigenvalue weighted by atomic mass is 127. The average molecular weight is 477 g/mol. The minimum atomic E-state index is 0. The number of halogens is 1. The van der Waals surface area contributed by atoms with Gasteiger partial charge in [0.1, 0.15) is 0 Å². The van der Waals surface area contributed by atoms with E-state index >= 15 is 0 Å². The molecule has 1 aromatic heterocycles. The number of aryl methyl sites for hydroxylation is 2. The minimum Gasteiger partial charge on any atom is -0.378 e. The van der Waals surface area contributed by atoms with Gasteiger partial charge in [-0.05, 0) is 46.0 Å². The lowest BCUT2D eigenvalue weighted by Gasteiger charge is -2.24. The number of nitrogens with zero attached hydrogens (tertiary/aromatic N) is 3. The van der Waals surface area contributed by atoms with Crippen LogP contribution in [0.25, 0.3) is 0 Å². The van der Waals surface area contributed by atoms with Gasteiger partial charge in [-0.15, -0.1) is 24.0 Å². The summed E-state index contributed by atoms with van der Waals surface area (Å²) in [6, 6.07) is 0. The highest BCUT2D eigenvalue weighted by Gasteiger charge is 2.25. The number of aliphatic imine (C=N–C) groups is 1. The zero-order chi connectivity index (χ0) is 18.2. The Morgan fingerprint density at radius 2 is 2.00 bits per heavy atom. The molecule has 150 valence electrons. The molecular formula is C19H36IN5O. The third-order valence-electron chi connectivity index (χ3n) is 5.34. The highest BCUT2D eigenvalue weighted by Crippen LogP contribution is 2.30. The fourth-order valence-electron chi connectivity index (χ4n) is 3.80. The fraction of sp³-hybridized carbons (Fsp3) is 0.789. The molecule has 0 saturated heterocycles. The van der Waals surface area contributed by atoms with Gasteiger partial charge in [0.25, 0.3) is 0 Å². The van der Waals surface area contributed by atoms with E-state index in [1.807, 2.05) is 18.8 Å². The predicted octanol–water partition coefficient (Wildman–Crippen LogP) is 3.31. The smallest absolute Gasteiger partial charge is 0.191 e. The molecular weight excluding hydrogens is 441 g/mol. The normalized spacial score (nSPS) is 16.4. The van der Waals surface area contributed by atoms with Crippen molar-refractivity contribution >= 4 is 29.9 Å². The summed E-state index contributed by atoms with van der Waals surface area (Å²) in [5.74, 6) is 1.57. The van der Waals surface area contributed by atoms with E-state index in [2.05, 4.69) is 41.5 Å². The van der Waals surface area contributed by atoms with Crippen LogP contribution in [-0.4, -0.2) is 42.0 Å². The van der Waals surface area contributed by atoms with Gasteiger partial charge >= 0.3 is 0 Å². The van der Waals surface area contributed by atoms with Crippen LogP contribution in [-0.2, 0) is 18.3 Å². The molecule has 0 radical (unpaired) electrons. The third kappa shape index (κ3) is 6.40. The van der Waals surface area contributed by atoms with Gasteiger partial charge in [-0.1, -0.05) is 12.8 Å². The number of hydrogen-bond donors (Lipinski definition) is 2. The molecule has 1 aromatic rings. The molecule has 0 aliphatic heterocycles. The van der Waals surface area contributed by atoms with E-state index in [1.54, 1.807) is 0 Å². The zero-order valence-corrected chi connectivity index (χ0v) is 19.3. The molecule has 26 heavy (non-hydrogen) atoms. The molecule has 1 aliphatic carbocycles. The van der Waals surface area contributed by atoms with Crippen LogP contribution in [0.1, 0.15) is 56.0 Å². The summed E-state index contributed by atoms with van der Waals surface area (Å²) in [4.78, 5) is 4.34. The van der Waals surface area contributed by atoms with E-state index in [1.165, 1.54) is 36.9 Å². The maximum Gasteiger partial charge on any atom is 0.191 e. The molecule has 1 unspecified atom stereocenters. The van der Waals surface area contributed by atoms with Crippen molar-refractivity contribution in [3.63, 3.8) is 0 Å². The Bertz CT molecular complexity index is 567. The summed E-state index contributed by atoms with van der Waals surface area (Å²) in [6.07, 6.45) is 6.75. The van der Waals surface area contributed by atoms with Crippen molar-refractivity contribution in [3.8, 4) is 0 Å². The Morgan fingerprint density at radius 3 is 2.54 bits per heavy atom. The van der Waals surface area contributed by atoms with Gasteiger partial charge in [0.05, 0.1) is 11.8 Å². The minimum absolute atomic E-state index is 0. The second kappa shape index (κ2) is 11.8. The molecule has 2 rings (SSSR count). The van der Waals surface area contributed by atoms with Crippen molar-refractivity contribution in [2.75, 3.05) is 20.2 Å². The topological polar surface area (TPSA) is 63.5 Å². The highest BCUT2D eigenvalue weighted by molar-refractivity contribution is 14.0. The Balaban J connectivity index is 0.00000338. The van der Waals surface area contributed by atoms with Gasteiger partial charge < -0.3 is 15.4 Å². The van der Waals surface area contributed by atoms with E-state index in [0.717, 1.165) is 43.7 Å². The molecule has 0 aromatic carbocycles. The standard InChI is InChI=1S/C19H35N5O.HI/c1-6-25-18(16-9-7-8-10-16)11-12-21-19(20-4)22-13-17-14(2)23-24(5)15(17)3;/h16,18H,6-13H2,1-5H3,(H2,20,21,22);1H. The molecule has 7 heteroatoms.